The molecular weight excluding hydrogens is 540 g/mol. The number of anilines is 4. The standard InChI is InChI=1S/C30H39F2N7OSi/c1-37-14-16-38(17-15-37)25-10-8-24(9-11-25)34-29-35-27(30(31,32)22-6-5-7-23(33)20-22)26-12-13-39(28(26)36-29)21-40-18-19-41(2,3)4/h5-13,20H,14-19,21,33H2,1-4H3,(H,34,35,36). The smallest absolute Gasteiger partial charge is 0.315 e. The van der Waals surface area contributed by atoms with Crippen LogP contribution in [0.15, 0.2) is 60.8 Å². The van der Waals surface area contributed by atoms with Gasteiger partial charge >= 0.3 is 5.92 Å². The van der Waals surface area contributed by atoms with Gasteiger partial charge in [-0.15, -0.1) is 0 Å². The number of benzene rings is 2. The van der Waals surface area contributed by atoms with Gasteiger partial charge in [0, 0.05) is 75.1 Å². The molecule has 0 atom stereocenters. The molecule has 0 amide bonds. The normalized spacial score (nSPS) is 15.0. The number of aromatic nitrogens is 3. The lowest BCUT2D eigenvalue weighted by molar-refractivity contribution is 0.0398. The van der Waals surface area contributed by atoms with Crippen LogP contribution in [-0.2, 0) is 17.4 Å². The van der Waals surface area contributed by atoms with Crippen molar-refractivity contribution in [1.82, 2.24) is 19.4 Å². The van der Waals surface area contributed by atoms with Gasteiger partial charge in [0.1, 0.15) is 18.1 Å². The van der Waals surface area contributed by atoms with Crippen molar-refractivity contribution in [2.75, 3.05) is 55.8 Å². The Labute approximate surface area is 241 Å². The van der Waals surface area contributed by atoms with Gasteiger partial charge in [0.2, 0.25) is 5.95 Å². The zero-order valence-corrected chi connectivity index (χ0v) is 25.2. The summed E-state index contributed by atoms with van der Waals surface area (Å²) in [5, 5.41) is 3.42. The lowest BCUT2D eigenvalue weighted by Crippen LogP contribution is -2.44. The van der Waals surface area contributed by atoms with Crippen LogP contribution in [0.5, 0.6) is 0 Å². The van der Waals surface area contributed by atoms with E-state index in [1.165, 1.54) is 18.2 Å². The Morgan fingerprint density at radius 3 is 2.41 bits per heavy atom. The average Bonchev–Trinajstić information content (AvgIpc) is 3.34. The first-order chi connectivity index (χ1) is 19.5. The molecule has 5 rings (SSSR count). The van der Waals surface area contributed by atoms with E-state index in [-0.39, 0.29) is 35.0 Å². The second-order valence-corrected chi connectivity index (χ2v) is 17.6. The summed E-state index contributed by atoms with van der Waals surface area (Å²) < 4.78 is 39.7. The zero-order valence-electron chi connectivity index (χ0n) is 24.2. The number of halogens is 2. The maximum absolute atomic E-state index is 16.0. The predicted octanol–water partition coefficient (Wildman–Crippen LogP) is 5.96. The summed E-state index contributed by atoms with van der Waals surface area (Å²) in [4.78, 5) is 13.7. The number of rotatable bonds is 10. The lowest BCUT2D eigenvalue weighted by atomic mass is 10.0. The van der Waals surface area contributed by atoms with E-state index in [1.54, 1.807) is 22.9 Å². The van der Waals surface area contributed by atoms with Gasteiger partial charge in [-0.25, -0.2) is 4.98 Å². The second kappa shape index (κ2) is 11.7. The molecule has 11 heteroatoms. The molecule has 1 fully saturated rings. The summed E-state index contributed by atoms with van der Waals surface area (Å²) in [5.41, 5.74) is 7.72. The van der Waals surface area contributed by atoms with Crippen LogP contribution < -0.4 is 16.0 Å². The maximum atomic E-state index is 16.0. The van der Waals surface area contributed by atoms with E-state index in [0.717, 1.165) is 37.9 Å². The van der Waals surface area contributed by atoms with Gasteiger partial charge in [-0.05, 0) is 55.6 Å². The van der Waals surface area contributed by atoms with E-state index in [4.69, 9.17) is 10.5 Å². The first-order valence-electron chi connectivity index (χ1n) is 14.0. The summed E-state index contributed by atoms with van der Waals surface area (Å²) in [6.45, 7) is 11.6. The fourth-order valence-corrected chi connectivity index (χ4v) is 5.58. The number of piperazine rings is 1. The minimum Gasteiger partial charge on any atom is -0.399 e. The molecule has 0 spiro atoms. The largest absolute Gasteiger partial charge is 0.399 e. The van der Waals surface area contributed by atoms with E-state index < -0.39 is 14.0 Å². The number of alkyl halides is 2. The molecule has 0 radical (unpaired) electrons. The fraction of sp³-hybridized carbons (Fsp3) is 0.400. The van der Waals surface area contributed by atoms with Crippen molar-refractivity contribution in [3.63, 3.8) is 0 Å². The molecule has 1 aliphatic heterocycles. The number of nitrogens with zero attached hydrogens (tertiary/aromatic N) is 5. The minimum absolute atomic E-state index is 0.0884. The van der Waals surface area contributed by atoms with E-state index in [1.807, 2.05) is 24.3 Å². The molecule has 0 unspecified atom stereocenters. The topological polar surface area (TPSA) is 84.5 Å². The van der Waals surface area contributed by atoms with Crippen LogP contribution in [0.4, 0.5) is 31.8 Å². The summed E-state index contributed by atoms with van der Waals surface area (Å²) in [7, 11) is 0.863. The molecule has 218 valence electrons. The first kappa shape index (κ1) is 29.0. The molecule has 0 bridgehead atoms. The molecule has 2 aromatic carbocycles. The van der Waals surface area contributed by atoms with E-state index in [2.05, 4.69) is 51.8 Å². The zero-order chi connectivity index (χ0) is 29.2. The predicted molar refractivity (Wildman–Crippen MR) is 165 cm³/mol. The number of fused-ring (bicyclic) bond motifs is 1. The van der Waals surface area contributed by atoms with Crippen molar-refractivity contribution in [2.45, 2.75) is 38.3 Å². The Kier molecular flexibility index (Phi) is 8.30. The molecular formula is C30H39F2N7OSi. The number of nitrogens with two attached hydrogens (primary N) is 1. The van der Waals surface area contributed by atoms with Crippen molar-refractivity contribution in [3.05, 3.63) is 72.1 Å². The van der Waals surface area contributed by atoms with Crippen LogP contribution in [0.2, 0.25) is 25.7 Å². The van der Waals surface area contributed by atoms with Gasteiger partial charge in [-0.2, -0.15) is 13.8 Å². The number of hydrogen-bond donors (Lipinski definition) is 2. The molecule has 41 heavy (non-hydrogen) atoms. The van der Waals surface area contributed by atoms with Crippen LogP contribution in [0.1, 0.15) is 11.3 Å². The number of ether oxygens (including phenoxy) is 1. The Bertz CT molecular complexity index is 1480. The van der Waals surface area contributed by atoms with Gasteiger partial charge in [0.25, 0.3) is 0 Å². The lowest BCUT2D eigenvalue weighted by Gasteiger charge is -2.34. The number of likely N-dealkylation sites (N-methyl/N-ethyl adjacent to an activating group) is 1. The SMILES string of the molecule is CN1CCN(c2ccc(Nc3nc(C(F)(F)c4cccc(N)c4)c4ccn(COCC[Si](C)(C)C)c4n3)cc2)CC1. The third-order valence-electron chi connectivity index (χ3n) is 7.38. The first-order valence-corrected chi connectivity index (χ1v) is 17.7. The maximum Gasteiger partial charge on any atom is 0.315 e. The second-order valence-electron chi connectivity index (χ2n) is 11.9. The molecule has 4 aromatic rings. The molecule has 1 aliphatic rings. The van der Waals surface area contributed by atoms with Crippen molar-refractivity contribution in [2.24, 2.45) is 0 Å². The highest BCUT2D eigenvalue weighted by Gasteiger charge is 2.39. The number of nitrogens with one attached hydrogen (secondary N) is 1. The molecule has 0 aliphatic carbocycles. The van der Waals surface area contributed by atoms with E-state index >= 15 is 8.78 Å². The number of hydrogen-bond acceptors (Lipinski definition) is 7. The average molecular weight is 580 g/mol. The van der Waals surface area contributed by atoms with Crippen LogP contribution in [0.3, 0.4) is 0 Å². The third-order valence-corrected chi connectivity index (χ3v) is 9.09. The number of nitrogen functional groups attached to an aromatic ring is 1. The minimum atomic E-state index is -3.40. The molecule has 2 aromatic heterocycles. The molecule has 8 nitrogen and oxygen atoms in total. The quantitative estimate of drug-likeness (QED) is 0.136. The summed E-state index contributed by atoms with van der Waals surface area (Å²) >= 11 is 0. The Balaban J connectivity index is 1.46. The van der Waals surface area contributed by atoms with Gasteiger partial charge in [0.05, 0.1) is 0 Å². The summed E-state index contributed by atoms with van der Waals surface area (Å²) in [6.07, 6.45) is 1.72. The van der Waals surface area contributed by atoms with Crippen LogP contribution >= 0.6 is 0 Å². The summed E-state index contributed by atoms with van der Waals surface area (Å²) in [6, 6.07) is 16.3. The monoisotopic (exact) mass is 579 g/mol. The van der Waals surface area contributed by atoms with Crippen molar-refractivity contribution >= 4 is 42.1 Å². The highest BCUT2D eigenvalue weighted by molar-refractivity contribution is 6.76. The van der Waals surface area contributed by atoms with Crippen LogP contribution in [0, 0.1) is 0 Å². The highest BCUT2D eigenvalue weighted by Crippen LogP contribution is 2.39. The Hall–Kier alpha value is -3.54. The molecule has 3 heterocycles. The van der Waals surface area contributed by atoms with Crippen molar-refractivity contribution in [1.29, 1.82) is 0 Å². The van der Waals surface area contributed by atoms with Gasteiger partial charge < -0.3 is 30.2 Å². The summed E-state index contributed by atoms with van der Waals surface area (Å²) in [5.74, 6) is -3.31. The van der Waals surface area contributed by atoms with Gasteiger partial charge in [0.15, 0.2) is 0 Å². The van der Waals surface area contributed by atoms with Crippen molar-refractivity contribution < 1.29 is 13.5 Å². The fourth-order valence-electron chi connectivity index (χ4n) is 4.83. The van der Waals surface area contributed by atoms with E-state index in [0.29, 0.717) is 17.9 Å². The Morgan fingerprint density at radius 2 is 1.73 bits per heavy atom. The molecule has 0 saturated carbocycles. The van der Waals surface area contributed by atoms with Crippen LogP contribution in [-0.4, -0.2) is 67.3 Å². The molecule has 1 saturated heterocycles. The van der Waals surface area contributed by atoms with Crippen molar-refractivity contribution in [3.8, 4) is 0 Å². The van der Waals surface area contributed by atoms with E-state index in [9.17, 15) is 0 Å². The molecule has 3 N–H and O–H groups in total. The third kappa shape index (κ3) is 6.86. The Morgan fingerprint density at radius 1 is 1.00 bits per heavy atom. The van der Waals surface area contributed by atoms with Gasteiger partial charge in [-0.3, -0.25) is 0 Å². The van der Waals surface area contributed by atoms with Gasteiger partial charge in [-0.1, -0.05) is 31.8 Å². The highest BCUT2D eigenvalue weighted by atomic mass is 28.3. The van der Waals surface area contributed by atoms with Crippen LogP contribution in [0.25, 0.3) is 11.0 Å².